The van der Waals surface area contributed by atoms with E-state index in [4.69, 9.17) is 5.73 Å². The Balaban J connectivity index is 2.26. The van der Waals surface area contributed by atoms with E-state index in [9.17, 15) is 18.0 Å². The van der Waals surface area contributed by atoms with Crippen LogP contribution in [0.1, 0.15) is 47.0 Å². The molecule has 1 heterocycles. The van der Waals surface area contributed by atoms with Gasteiger partial charge in [-0.25, -0.2) is 0 Å². The predicted molar refractivity (Wildman–Crippen MR) is 69.9 cm³/mol. The van der Waals surface area contributed by atoms with E-state index in [-0.39, 0.29) is 16.9 Å². The summed E-state index contributed by atoms with van der Waals surface area (Å²) in [7, 11) is 0. The highest BCUT2D eigenvalue weighted by Gasteiger charge is 2.59. The molecular formula is C14H23F3N2O. The van der Waals surface area contributed by atoms with Crippen LogP contribution in [0, 0.1) is 10.8 Å². The summed E-state index contributed by atoms with van der Waals surface area (Å²) in [5.41, 5.74) is 2.45. The smallest absolute Gasteiger partial charge is 0.337 e. The van der Waals surface area contributed by atoms with E-state index in [0.29, 0.717) is 6.54 Å². The first-order chi connectivity index (χ1) is 8.78. The van der Waals surface area contributed by atoms with E-state index >= 15 is 0 Å². The largest absolute Gasteiger partial charge is 0.415 e. The van der Waals surface area contributed by atoms with Crippen molar-refractivity contribution in [1.82, 2.24) is 4.90 Å². The van der Waals surface area contributed by atoms with Gasteiger partial charge in [0.25, 0.3) is 5.91 Å². The van der Waals surface area contributed by atoms with E-state index < -0.39 is 17.6 Å². The molecule has 1 saturated heterocycles. The number of alkyl halides is 3. The summed E-state index contributed by atoms with van der Waals surface area (Å²) in [5.74, 6) is -0.989. The number of carbonyl (C=O) groups excluding carboxylic acids is 1. The van der Waals surface area contributed by atoms with Gasteiger partial charge in [-0.3, -0.25) is 4.79 Å². The Bertz CT molecular complexity index is 431. The van der Waals surface area contributed by atoms with Crippen LogP contribution in [0.4, 0.5) is 13.2 Å². The predicted octanol–water partition coefficient (Wildman–Crippen LogP) is 2.69. The SMILES string of the molecule is CC1(C)CC2CC(C)(CN2C(=O)C(C)(N)C(F)(F)F)C1. The first-order valence-electron chi connectivity index (χ1n) is 6.94. The van der Waals surface area contributed by atoms with Gasteiger partial charge in [0.1, 0.15) is 0 Å². The Morgan fingerprint density at radius 3 is 2.30 bits per heavy atom. The Hall–Kier alpha value is -0.780. The molecule has 2 fully saturated rings. The summed E-state index contributed by atoms with van der Waals surface area (Å²) in [6, 6.07) is -0.124. The molecule has 116 valence electrons. The summed E-state index contributed by atoms with van der Waals surface area (Å²) in [6.45, 7) is 7.41. The molecule has 2 rings (SSSR count). The van der Waals surface area contributed by atoms with E-state index in [1.54, 1.807) is 0 Å². The van der Waals surface area contributed by atoms with Crippen LogP contribution in [0.15, 0.2) is 0 Å². The third kappa shape index (κ3) is 2.43. The maximum Gasteiger partial charge on any atom is 0.415 e. The van der Waals surface area contributed by atoms with Gasteiger partial charge in [0.2, 0.25) is 0 Å². The summed E-state index contributed by atoms with van der Waals surface area (Å²) in [6.07, 6.45) is -2.29. The van der Waals surface area contributed by atoms with Crippen molar-refractivity contribution in [3.05, 3.63) is 0 Å². The summed E-state index contributed by atoms with van der Waals surface area (Å²) in [5, 5.41) is 0. The maximum absolute atomic E-state index is 13.0. The second-order valence-electron chi connectivity index (χ2n) is 7.85. The molecule has 2 bridgehead atoms. The topological polar surface area (TPSA) is 46.3 Å². The lowest BCUT2D eigenvalue weighted by Gasteiger charge is -2.40. The molecule has 0 aromatic carbocycles. The van der Waals surface area contributed by atoms with Crippen LogP contribution in [0.25, 0.3) is 0 Å². The molecule has 1 saturated carbocycles. The van der Waals surface area contributed by atoms with Gasteiger partial charge >= 0.3 is 6.18 Å². The van der Waals surface area contributed by atoms with E-state index in [2.05, 4.69) is 20.8 Å². The number of amides is 1. The van der Waals surface area contributed by atoms with Gasteiger partial charge in [-0.05, 0) is 37.0 Å². The van der Waals surface area contributed by atoms with Crippen LogP contribution in [0.2, 0.25) is 0 Å². The van der Waals surface area contributed by atoms with Gasteiger partial charge in [0, 0.05) is 12.6 Å². The van der Waals surface area contributed by atoms with Crippen LogP contribution in [0.3, 0.4) is 0 Å². The molecule has 3 nitrogen and oxygen atoms in total. The molecule has 1 amide bonds. The van der Waals surface area contributed by atoms with Crippen molar-refractivity contribution in [1.29, 1.82) is 0 Å². The number of rotatable bonds is 1. The highest BCUT2D eigenvalue weighted by molar-refractivity contribution is 5.87. The minimum Gasteiger partial charge on any atom is -0.337 e. The lowest BCUT2D eigenvalue weighted by atomic mass is 9.65. The second-order valence-corrected chi connectivity index (χ2v) is 7.85. The van der Waals surface area contributed by atoms with Gasteiger partial charge in [-0.15, -0.1) is 0 Å². The number of likely N-dealkylation sites (tertiary alicyclic amines) is 1. The Labute approximate surface area is 117 Å². The molecule has 0 spiro atoms. The zero-order valence-electron chi connectivity index (χ0n) is 12.5. The highest BCUT2D eigenvalue weighted by Crippen LogP contribution is 2.53. The van der Waals surface area contributed by atoms with E-state index in [1.807, 2.05) is 0 Å². The quantitative estimate of drug-likeness (QED) is 0.807. The third-order valence-corrected chi connectivity index (χ3v) is 4.71. The van der Waals surface area contributed by atoms with Crippen LogP contribution in [-0.2, 0) is 4.79 Å². The molecule has 3 atom stereocenters. The minimum atomic E-state index is -4.73. The second kappa shape index (κ2) is 4.12. The fourth-order valence-electron chi connectivity index (χ4n) is 4.12. The fraction of sp³-hybridized carbons (Fsp3) is 0.929. The number of fused-ring (bicyclic) bond motifs is 2. The van der Waals surface area contributed by atoms with Crippen molar-refractivity contribution >= 4 is 5.91 Å². The zero-order valence-corrected chi connectivity index (χ0v) is 12.5. The molecule has 3 unspecified atom stereocenters. The number of hydrogen-bond donors (Lipinski definition) is 1. The molecule has 0 aromatic heterocycles. The van der Waals surface area contributed by atoms with E-state index in [0.717, 1.165) is 26.2 Å². The highest BCUT2D eigenvalue weighted by atomic mass is 19.4. The lowest BCUT2D eigenvalue weighted by Crippen LogP contribution is -2.63. The summed E-state index contributed by atoms with van der Waals surface area (Å²) >= 11 is 0. The number of nitrogens with two attached hydrogens (primary N) is 1. The van der Waals surface area contributed by atoms with Crippen molar-refractivity contribution in [2.24, 2.45) is 16.6 Å². The standard InChI is InChI=1S/C14H23F3N2O/c1-11(2)5-9-6-12(3,7-11)8-19(9)10(20)13(4,18)14(15,16)17/h9H,5-8,18H2,1-4H3. The lowest BCUT2D eigenvalue weighted by molar-refractivity contribution is -0.194. The average Bonchev–Trinajstić information content (AvgIpc) is 2.44. The molecule has 2 aliphatic rings. The molecular weight excluding hydrogens is 269 g/mol. The zero-order chi connectivity index (χ0) is 15.6. The number of hydrogen-bond acceptors (Lipinski definition) is 2. The van der Waals surface area contributed by atoms with Crippen molar-refractivity contribution in [2.75, 3.05) is 6.54 Å². The molecule has 6 heteroatoms. The van der Waals surface area contributed by atoms with Crippen molar-refractivity contribution in [3.8, 4) is 0 Å². The van der Waals surface area contributed by atoms with Crippen LogP contribution >= 0.6 is 0 Å². The first kappa shape index (κ1) is 15.6. The number of halogens is 3. The summed E-state index contributed by atoms with van der Waals surface area (Å²) < 4.78 is 38.9. The van der Waals surface area contributed by atoms with Crippen LogP contribution in [-0.4, -0.2) is 35.1 Å². The Kier molecular flexibility index (Phi) is 3.21. The van der Waals surface area contributed by atoms with Gasteiger partial charge in [0.05, 0.1) is 0 Å². The van der Waals surface area contributed by atoms with Gasteiger partial charge in [0.15, 0.2) is 5.54 Å². The fourth-order valence-corrected chi connectivity index (χ4v) is 4.12. The van der Waals surface area contributed by atoms with Crippen LogP contribution in [0.5, 0.6) is 0 Å². The minimum absolute atomic E-state index is 0.0515. The third-order valence-electron chi connectivity index (χ3n) is 4.71. The Morgan fingerprint density at radius 2 is 1.80 bits per heavy atom. The number of nitrogens with zero attached hydrogens (tertiary/aromatic N) is 1. The van der Waals surface area contributed by atoms with Crippen LogP contribution < -0.4 is 5.73 Å². The van der Waals surface area contributed by atoms with Gasteiger partial charge < -0.3 is 10.6 Å². The summed E-state index contributed by atoms with van der Waals surface area (Å²) in [4.78, 5) is 13.7. The van der Waals surface area contributed by atoms with Gasteiger partial charge in [-0.2, -0.15) is 13.2 Å². The molecule has 20 heavy (non-hydrogen) atoms. The molecule has 2 N–H and O–H groups in total. The average molecular weight is 292 g/mol. The van der Waals surface area contributed by atoms with Crippen molar-refractivity contribution < 1.29 is 18.0 Å². The first-order valence-corrected chi connectivity index (χ1v) is 6.94. The van der Waals surface area contributed by atoms with Crippen molar-refractivity contribution in [3.63, 3.8) is 0 Å². The Morgan fingerprint density at radius 1 is 1.25 bits per heavy atom. The normalized spacial score (nSPS) is 35.8. The monoisotopic (exact) mass is 292 g/mol. The molecule has 0 radical (unpaired) electrons. The molecule has 1 aliphatic carbocycles. The number of carbonyl (C=O) groups is 1. The van der Waals surface area contributed by atoms with Crippen molar-refractivity contribution in [2.45, 2.75) is 64.7 Å². The maximum atomic E-state index is 13.0. The molecule has 0 aromatic rings. The van der Waals surface area contributed by atoms with Gasteiger partial charge in [-0.1, -0.05) is 20.8 Å². The molecule has 1 aliphatic heterocycles. The van der Waals surface area contributed by atoms with E-state index in [1.165, 1.54) is 4.90 Å².